The number of ketones is 1. The van der Waals surface area contributed by atoms with Crippen LogP contribution in [-0.4, -0.2) is 30.5 Å². The second kappa shape index (κ2) is 9.61. The van der Waals surface area contributed by atoms with Gasteiger partial charge in [0.05, 0.1) is 30.9 Å². The number of aliphatic hydroxyl groups is 1. The van der Waals surface area contributed by atoms with Gasteiger partial charge in [-0.25, -0.2) is 0 Å². The predicted molar refractivity (Wildman–Crippen MR) is 132 cm³/mol. The van der Waals surface area contributed by atoms with Gasteiger partial charge in [-0.3, -0.25) is 14.5 Å². The molecule has 174 valence electrons. The molecule has 0 radical (unpaired) electrons. The summed E-state index contributed by atoms with van der Waals surface area (Å²) in [4.78, 5) is 28.0. The summed E-state index contributed by atoms with van der Waals surface area (Å²) in [5.41, 5.74) is 2.32. The molecule has 1 saturated heterocycles. The van der Waals surface area contributed by atoms with Gasteiger partial charge in [-0.15, -0.1) is 0 Å². The van der Waals surface area contributed by atoms with E-state index in [1.54, 1.807) is 42.5 Å². The molecule has 1 aliphatic heterocycles. The summed E-state index contributed by atoms with van der Waals surface area (Å²) < 4.78 is 10.9. The fourth-order valence-electron chi connectivity index (χ4n) is 4.12. The van der Waals surface area contributed by atoms with Crippen LogP contribution in [0.3, 0.4) is 0 Å². The van der Waals surface area contributed by atoms with Crippen molar-refractivity contribution < 1.29 is 24.2 Å². The summed E-state index contributed by atoms with van der Waals surface area (Å²) in [5, 5.41) is 11.7. The van der Waals surface area contributed by atoms with Crippen molar-refractivity contribution in [2.24, 2.45) is 0 Å². The predicted octanol–water partition coefficient (Wildman–Crippen LogP) is 5.68. The Morgan fingerprint density at radius 2 is 1.79 bits per heavy atom. The maximum Gasteiger partial charge on any atom is 0.300 e. The van der Waals surface area contributed by atoms with Crippen LogP contribution < -0.4 is 14.4 Å². The van der Waals surface area contributed by atoms with Gasteiger partial charge in [0, 0.05) is 10.7 Å². The van der Waals surface area contributed by atoms with Crippen molar-refractivity contribution in [2.45, 2.75) is 19.9 Å². The number of benzene rings is 3. The third kappa shape index (κ3) is 4.24. The van der Waals surface area contributed by atoms with Crippen LogP contribution in [0.15, 0.2) is 72.3 Å². The summed E-state index contributed by atoms with van der Waals surface area (Å²) in [7, 11) is 1.45. The Morgan fingerprint density at radius 3 is 2.44 bits per heavy atom. The molecule has 1 heterocycles. The monoisotopic (exact) mass is 477 g/mol. The van der Waals surface area contributed by atoms with Gasteiger partial charge in [-0.1, -0.05) is 35.9 Å². The van der Waals surface area contributed by atoms with Crippen molar-refractivity contribution in [3.63, 3.8) is 0 Å². The molecule has 3 aromatic rings. The number of carbonyl (C=O) groups excluding carboxylic acids is 2. The van der Waals surface area contributed by atoms with Crippen molar-refractivity contribution in [3.8, 4) is 11.5 Å². The van der Waals surface area contributed by atoms with E-state index in [2.05, 4.69) is 0 Å². The van der Waals surface area contributed by atoms with Crippen LogP contribution in [0.5, 0.6) is 11.5 Å². The van der Waals surface area contributed by atoms with Gasteiger partial charge in [-0.2, -0.15) is 0 Å². The minimum atomic E-state index is -0.860. The van der Waals surface area contributed by atoms with E-state index < -0.39 is 17.7 Å². The van der Waals surface area contributed by atoms with Crippen molar-refractivity contribution in [1.29, 1.82) is 0 Å². The van der Waals surface area contributed by atoms with Crippen LogP contribution in [0.25, 0.3) is 5.76 Å². The average Bonchev–Trinajstić information content (AvgIpc) is 3.09. The number of rotatable bonds is 6. The second-order valence-electron chi connectivity index (χ2n) is 7.85. The summed E-state index contributed by atoms with van der Waals surface area (Å²) in [6.07, 6.45) is 0. The minimum absolute atomic E-state index is 0.0452. The van der Waals surface area contributed by atoms with Gasteiger partial charge < -0.3 is 14.6 Å². The molecule has 6 nitrogen and oxygen atoms in total. The normalized spacial score (nSPS) is 17.2. The SMILES string of the molecule is CCOc1ccc(C2/C(=C(\O)c3cc(Cl)ccc3OC)C(=O)C(=O)N2c2cccc(C)c2)cc1. The number of nitrogens with zero attached hydrogens (tertiary/aromatic N) is 1. The van der Waals surface area contributed by atoms with Gasteiger partial charge >= 0.3 is 0 Å². The molecule has 0 aliphatic carbocycles. The number of anilines is 1. The Bertz CT molecular complexity index is 1280. The zero-order chi connectivity index (χ0) is 24.4. The number of Topliss-reactive ketones (excluding diaryl/α,β-unsaturated/α-hetero) is 1. The third-order valence-electron chi connectivity index (χ3n) is 5.65. The maximum absolute atomic E-state index is 13.3. The highest BCUT2D eigenvalue weighted by molar-refractivity contribution is 6.51. The molecule has 1 amide bonds. The first-order chi connectivity index (χ1) is 16.3. The average molecular weight is 478 g/mol. The topological polar surface area (TPSA) is 76.1 Å². The van der Waals surface area contributed by atoms with Crippen LogP contribution in [0.1, 0.15) is 29.7 Å². The Morgan fingerprint density at radius 1 is 1.06 bits per heavy atom. The lowest BCUT2D eigenvalue weighted by atomic mass is 9.94. The summed E-state index contributed by atoms with van der Waals surface area (Å²) in [6, 6.07) is 18.3. The highest BCUT2D eigenvalue weighted by Crippen LogP contribution is 2.44. The van der Waals surface area contributed by atoms with Crippen LogP contribution in [-0.2, 0) is 9.59 Å². The largest absolute Gasteiger partial charge is 0.507 e. The number of methoxy groups -OCH3 is 1. The van der Waals surface area contributed by atoms with Crippen molar-refractivity contribution >= 4 is 34.7 Å². The lowest BCUT2D eigenvalue weighted by Gasteiger charge is -2.26. The molecule has 4 rings (SSSR count). The number of ether oxygens (including phenoxy) is 2. The molecule has 7 heteroatoms. The molecular weight excluding hydrogens is 454 g/mol. The lowest BCUT2D eigenvalue weighted by molar-refractivity contribution is -0.132. The van der Waals surface area contributed by atoms with Gasteiger partial charge in [0.15, 0.2) is 0 Å². The Labute approximate surface area is 203 Å². The highest BCUT2D eigenvalue weighted by Gasteiger charge is 2.47. The molecule has 1 aliphatic rings. The first kappa shape index (κ1) is 23.4. The Hall–Kier alpha value is -3.77. The van der Waals surface area contributed by atoms with E-state index in [1.165, 1.54) is 18.1 Å². The number of carbonyl (C=O) groups is 2. The molecule has 0 aromatic heterocycles. The van der Waals surface area contributed by atoms with E-state index in [0.717, 1.165) is 5.56 Å². The smallest absolute Gasteiger partial charge is 0.300 e. The quantitative estimate of drug-likeness (QED) is 0.281. The van der Waals surface area contributed by atoms with Crippen LogP contribution in [0.2, 0.25) is 5.02 Å². The van der Waals surface area contributed by atoms with Crippen LogP contribution in [0, 0.1) is 6.92 Å². The fraction of sp³-hybridized carbons (Fsp3) is 0.185. The van der Waals surface area contributed by atoms with Crippen molar-refractivity contribution in [1.82, 2.24) is 0 Å². The van der Waals surface area contributed by atoms with Crippen molar-refractivity contribution in [3.05, 3.63) is 94.0 Å². The minimum Gasteiger partial charge on any atom is -0.507 e. The maximum atomic E-state index is 13.3. The zero-order valence-corrected chi connectivity index (χ0v) is 19.8. The molecule has 34 heavy (non-hydrogen) atoms. The summed E-state index contributed by atoms with van der Waals surface area (Å²) >= 11 is 6.17. The first-order valence-corrected chi connectivity index (χ1v) is 11.2. The third-order valence-corrected chi connectivity index (χ3v) is 5.88. The molecule has 0 spiro atoms. The molecular formula is C27H24ClNO5. The van der Waals surface area contributed by atoms with Crippen molar-refractivity contribution in [2.75, 3.05) is 18.6 Å². The molecule has 1 atom stereocenters. The first-order valence-electron chi connectivity index (χ1n) is 10.8. The van der Waals surface area contributed by atoms with Gasteiger partial charge in [0.1, 0.15) is 17.3 Å². The number of amides is 1. The van der Waals surface area contributed by atoms with E-state index in [9.17, 15) is 14.7 Å². The molecule has 1 unspecified atom stereocenters. The van der Waals surface area contributed by atoms with E-state index in [4.69, 9.17) is 21.1 Å². The van der Waals surface area contributed by atoms with Gasteiger partial charge in [0.2, 0.25) is 0 Å². The van der Waals surface area contributed by atoms with E-state index in [-0.39, 0.29) is 16.9 Å². The molecule has 1 fully saturated rings. The van der Waals surface area contributed by atoms with Gasteiger partial charge in [-0.05, 0) is 67.4 Å². The lowest BCUT2D eigenvalue weighted by Crippen LogP contribution is -2.29. The summed E-state index contributed by atoms with van der Waals surface area (Å²) in [6.45, 7) is 4.30. The number of hydrogen-bond donors (Lipinski definition) is 1. The van der Waals surface area contributed by atoms with Crippen LogP contribution >= 0.6 is 11.6 Å². The zero-order valence-electron chi connectivity index (χ0n) is 19.0. The Kier molecular flexibility index (Phi) is 6.61. The molecule has 1 N–H and O–H groups in total. The van der Waals surface area contributed by atoms with E-state index in [1.807, 2.05) is 32.0 Å². The number of hydrogen-bond acceptors (Lipinski definition) is 5. The summed E-state index contributed by atoms with van der Waals surface area (Å²) in [5.74, 6) is -0.886. The number of aliphatic hydroxyl groups excluding tert-OH is 1. The van der Waals surface area contributed by atoms with Gasteiger partial charge in [0.25, 0.3) is 11.7 Å². The fourth-order valence-corrected chi connectivity index (χ4v) is 4.29. The number of halogens is 1. The Balaban J connectivity index is 1.95. The van der Waals surface area contributed by atoms with E-state index in [0.29, 0.717) is 34.4 Å². The van der Waals surface area contributed by atoms with E-state index >= 15 is 0 Å². The molecule has 0 bridgehead atoms. The molecule has 3 aromatic carbocycles. The van der Waals surface area contributed by atoms with Crippen LogP contribution in [0.4, 0.5) is 5.69 Å². The molecule has 0 saturated carbocycles. The second-order valence-corrected chi connectivity index (χ2v) is 8.29. The number of aryl methyl sites for hydroxylation is 1. The highest BCUT2D eigenvalue weighted by atomic mass is 35.5. The standard InChI is InChI=1S/C27H24ClNO5/c1-4-34-20-11-8-17(9-12-20)24-23(25(30)21-15-18(28)10-13-22(21)33-3)26(31)27(32)29(24)19-7-5-6-16(2)14-19/h5-15,24,30H,4H2,1-3H3/b25-23+.